The van der Waals surface area contributed by atoms with E-state index in [2.05, 4.69) is 0 Å². The number of carbonyl (C=O) groups is 1. The Bertz CT molecular complexity index is 567. The topological polar surface area (TPSA) is 64.8 Å². The predicted octanol–water partition coefficient (Wildman–Crippen LogP) is 2.33. The lowest BCUT2D eigenvalue weighted by molar-refractivity contribution is 0.0779. The summed E-state index contributed by atoms with van der Waals surface area (Å²) in [6.45, 7) is 1.56. The van der Waals surface area contributed by atoms with Gasteiger partial charge in [-0.15, -0.1) is 12.4 Å². The lowest BCUT2D eigenvalue weighted by Crippen LogP contribution is -2.38. The van der Waals surface area contributed by atoms with Gasteiger partial charge in [0.25, 0.3) is 5.91 Å². The molecule has 0 aromatic heterocycles. The van der Waals surface area contributed by atoms with E-state index in [0.717, 1.165) is 19.5 Å². The van der Waals surface area contributed by atoms with Crippen molar-refractivity contribution in [1.82, 2.24) is 4.90 Å². The number of halogens is 1. The first kappa shape index (κ1) is 17.9. The van der Waals surface area contributed by atoms with Crippen molar-refractivity contribution in [3.63, 3.8) is 0 Å². The van der Waals surface area contributed by atoms with Crippen LogP contribution in [-0.2, 0) is 0 Å². The Morgan fingerprint density at radius 2 is 2.00 bits per heavy atom. The minimum atomic E-state index is 0. The van der Waals surface area contributed by atoms with E-state index in [1.807, 2.05) is 4.90 Å². The fourth-order valence-corrected chi connectivity index (χ4v) is 3.83. The highest BCUT2D eigenvalue weighted by Gasteiger charge is 2.40. The maximum absolute atomic E-state index is 12.9. The number of nitrogens with two attached hydrogens (primary N) is 1. The van der Waals surface area contributed by atoms with Crippen LogP contribution in [0.15, 0.2) is 18.2 Å². The first-order chi connectivity index (χ1) is 10.6. The van der Waals surface area contributed by atoms with Crippen LogP contribution in [-0.4, -0.2) is 44.2 Å². The van der Waals surface area contributed by atoms with E-state index in [0.29, 0.717) is 28.9 Å². The average molecular weight is 341 g/mol. The van der Waals surface area contributed by atoms with E-state index in [9.17, 15) is 4.79 Å². The molecule has 2 aliphatic rings. The number of hydrogen-bond donors (Lipinski definition) is 1. The second-order valence-corrected chi connectivity index (χ2v) is 6.30. The van der Waals surface area contributed by atoms with Crippen LogP contribution >= 0.6 is 12.4 Å². The third-order valence-corrected chi connectivity index (χ3v) is 5.08. The van der Waals surface area contributed by atoms with E-state index < -0.39 is 0 Å². The van der Waals surface area contributed by atoms with Gasteiger partial charge in [-0.3, -0.25) is 4.79 Å². The molecular weight excluding hydrogens is 316 g/mol. The standard InChI is InChI=1S/C17H24N2O3.ClH/c1-21-12-6-7-16(22-2)13(8-12)17(20)19-9-11-4-3-5-15(18)14(11)10-19;/h6-8,11,14-15H,3-5,9-10,18H2,1-2H3;1H. The highest BCUT2D eigenvalue weighted by molar-refractivity contribution is 5.97. The van der Waals surface area contributed by atoms with Gasteiger partial charge in [0, 0.05) is 19.1 Å². The Hall–Kier alpha value is -1.46. The second-order valence-electron chi connectivity index (χ2n) is 6.30. The molecule has 1 aliphatic heterocycles. The zero-order valence-corrected chi connectivity index (χ0v) is 14.5. The third-order valence-electron chi connectivity index (χ3n) is 5.08. The highest BCUT2D eigenvalue weighted by Crippen LogP contribution is 2.37. The van der Waals surface area contributed by atoms with Crippen LogP contribution in [0.2, 0.25) is 0 Å². The zero-order valence-electron chi connectivity index (χ0n) is 13.7. The van der Waals surface area contributed by atoms with Crippen LogP contribution in [0.5, 0.6) is 11.5 Å². The largest absolute Gasteiger partial charge is 0.497 e. The van der Waals surface area contributed by atoms with Gasteiger partial charge in [-0.05, 0) is 42.9 Å². The summed E-state index contributed by atoms with van der Waals surface area (Å²) in [4.78, 5) is 14.8. The Kier molecular flexibility index (Phi) is 5.76. The number of ether oxygens (including phenoxy) is 2. The lowest BCUT2D eigenvalue weighted by atomic mass is 9.78. The quantitative estimate of drug-likeness (QED) is 0.917. The van der Waals surface area contributed by atoms with Crippen molar-refractivity contribution in [3.8, 4) is 11.5 Å². The smallest absolute Gasteiger partial charge is 0.257 e. The molecule has 1 aliphatic carbocycles. The monoisotopic (exact) mass is 340 g/mol. The number of amides is 1. The second kappa shape index (κ2) is 7.41. The Morgan fingerprint density at radius 3 is 2.65 bits per heavy atom. The van der Waals surface area contributed by atoms with Crippen LogP contribution in [0.25, 0.3) is 0 Å². The van der Waals surface area contributed by atoms with Gasteiger partial charge in [0.15, 0.2) is 0 Å². The van der Waals surface area contributed by atoms with Crippen molar-refractivity contribution in [2.24, 2.45) is 17.6 Å². The number of fused-ring (bicyclic) bond motifs is 1. The molecule has 0 spiro atoms. The number of benzene rings is 1. The maximum atomic E-state index is 12.9. The van der Waals surface area contributed by atoms with Crippen LogP contribution in [0.3, 0.4) is 0 Å². The number of rotatable bonds is 3. The SMILES string of the molecule is COc1ccc(OC)c(C(=O)N2CC3CCCC(N)C3C2)c1.Cl. The molecule has 2 N–H and O–H groups in total. The van der Waals surface area contributed by atoms with E-state index in [1.54, 1.807) is 32.4 Å². The Labute approximate surface area is 143 Å². The Morgan fingerprint density at radius 1 is 1.22 bits per heavy atom. The van der Waals surface area contributed by atoms with E-state index in [-0.39, 0.29) is 24.4 Å². The van der Waals surface area contributed by atoms with Gasteiger partial charge in [0.05, 0.1) is 19.8 Å². The number of nitrogens with zero attached hydrogens (tertiary/aromatic N) is 1. The lowest BCUT2D eigenvalue weighted by Gasteiger charge is -2.29. The first-order valence-electron chi connectivity index (χ1n) is 7.91. The summed E-state index contributed by atoms with van der Waals surface area (Å²) >= 11 is 0. The molecule has 0 radical (unpaired) electrons. The minimum Gasteiger partial charge on any atom is -0.497 e. The predicted molar refractivity (Wildman–Crippen MR) is 91.5 cm³/mol. The van der Waals surface area contributed by atoms with Gasteiger partial charge >= 0.3 is 0 Å². The van der Waals surface area contributed by atoms with Gasteiger partial charge in [-0.2, -0.15) is 0 Å². The van der Waals surface area contributed by atoms with E-state index >= 15 is 0 Å². The van der Waals surface area contributed by atoms with Crippen molar-refractivity contribution >= 4 is 18.3 Å². The van der Waals surface area contributed by atoms with Crippen molar-refractivity contribution in [3.05, 3.63) is 23.8 Å². The number of likely N-dealkylation sites (tertiary alicyclic amines) is 1. The van der Waals surface area contributed by atoms with Gasteiger partial charge in [-0.1, -0.05) is 6.42 Å². The molecule has 1 saturated carbocycles. The summed E-state index contributed by atoms with van der Waals surface area (Å²) < 4.78 is 10.6. The van der Waals surface area contributed by atoms with Crippen molar-refractivity contribution in [1.29, 1.82) is 0 Å². The van der Waals surface area contributed by atoms with Crippen molar-refractivity contribution < 1.29 is 14.3 Å². The molecule has 1 saturated heterocycles. The average Bonchev–Trinajstić information content (AvgIpc) is 2.99. The summed E-state index contributed by atoms with van der Waals surface area (Å²) in [6.07, 6.45) is 3.43. The molecule has 3 atom stereocenters. The normalized spacial score (nSPS) is 26.2. The summed E-state index contributed by atoms with van der Waals surface area (Å²) in [5.74, 6) is 2.25. The molecule has 1 aromatic rings. The molecule has 3 rings (SSSR count). The number of hydrogen-bond acceptors (Lipinski definition) is 4. The summed E-state index contributed by atoms with van der Waals surface area (Å²) in [6, 6.07) is 5.56. The van der Waals surface area contributed by atoms with Gasteiger partial charge < -0.3 is 20.1 Å². The molecule has 3 unspecified atom stereocenters. The molecule has 1 heterocycles. The molecule has 5 nitrogen and oxygen atoms in total. The molecule has 1 aromatic carbocycles. The molecule has 0 bridgehead atoms. The first-order valence-corrected chi connectivity index (χ1v) is 7.91. The molecule has 2 fully saturated rings. The van der Waals surface area contributed by atoms with E-state index in [4.69, 9.17) is 15.2 Å². The van der Waals surface area contributed by atoms with Crippen molar-refractivity contribution in [2.45, 2.75) is 25.3 Å². The summed E-state index contributed by atoms with van der Waals surface area (Å²) in [5.41, 5.74) is 6.80. The highest BCUT2D eigenvalue weighted by atomic mass is 35.5. The number of carbonyl (C=O) groups excluding carboxylic acids is 1. The summed E-state index contributed by atoms with van der Waals surface area (Å²) in [5, 5.41) is 0. The molecular formula is C17H25ClN2O3. The van der Waals surface area contributed by atoms with E-state index in [1.165, 1.54) is 12.8 Å². The summed E-state index contributed by atoms with van der Waals surface area (Å²) in [7, 11) is 3.18. The van der Waals surface area contributed by atoms with Gasteiger partial charge in [0.2, 0.25) is 0 Å². The molecule has 23 heavy (non-hydrogen) atoms. The van der Waals surface area contributed by atoms with Gasteiger partial charge in [0.1, 0.15) is 11.5 Å². The van der Waals surface area contributed by atoms with Crippen LogP contribution in [0.4, 0.5) is 0 Å². The minimum absolute atomic E-state index is 0. The molecule has 128 valence electrons. The van der Waals surface area contributed by atoms with Crippen LogP contribution < -0.4 is 15.2 Å². The van der Waals surface area contributed by atoms with Crippen LogP contribution in [0, 0.1) is 11.8 Å². The fourth-order valence-electron chi connectivity index (χ4n) is 3.83. The fraction of sp³-hybridized carbons (Fsp3) is 0.588. The Balaban J connectivity index is 0.00000192. The molecule has 1 amide bonds. The van der Waals surface area contributed by atoms with Gasteiger partial charge in [-0.25, -0.2) is 0 Å². The molecule has 6 heteroatoms. The third kappa shape index (κ3) is 3.40. The zero-order chi connectivity index (χ0) is 15.7. The number of methoxy groups -OCH3 is 2. The van der Waals surface area contributed by atoms with Crippen LogP contribution in [0.1, 0.15) is 29.6 Å². The maximum Gasteiger partial charge on any atom is 0.257 e. The van der Waals surface area contributed by atoms with Crippen molar-refractivity contribution in [2.75, 3.05) is 27.3 Å².